The van der Waals surface area contributed by atoms with Crippen molar-refractivity contribution in [3.8, 4) is 0 Å². The van der Waals surface area contributed by atoms with E-state index in [-0.39, 0.29) is 0 Å². The smallest absolute Gasteiger partial charge is 0.334 e. The van der Waals surface area contributed by atoms with Gasteiger partial charge in [-0.1, -0.05) is 6.92 Å². The Balaban J connectivity index is 0. The van der Waals surface area contributed by atoms with Crippen LogP contribution in [0.5, 0.6) is 0 Å². The summed E-state index contributed by atoms with van der Waals surface area (Å²) in [5.41, 5.74) is 0. The second kappa shape index (κ2) is 10.4. The minimum atomic E-state index is -0.989. The molecule has 0 aromatic heterocycles. The standard InChI is InChI=1S/C6H12O3.C2H7N/c1-3-4-9-6(8)5(2)7;1-3-2/h5,7H,3-4H2,1-2H3;3H,1-2H3. The number of carbonyl (C=O) groups excluding carboxylic acids is 1. The maximum absolute atomic E-state index is 10.4. The summed E-state index contributed by atoms with van der Waals surface area (Å²) in [4.78, 5) is 10.4. The Morgan fingerprint density at radius 3 is 2.25 bits per heavy atom. The summed E-state index contributed by atoms with van der Waals surface area (Å²) in [5, 5.41) is 11.3. The van der Waals surface area contributed by atoms with E-state index in [4.69, 9.17) is 5.11 Å². The first kappa shape index (κ1) is 13.9. The Labute approximate surface area is 73.9 Å². The van der Waals surface area contributed by atoms with E-state index in [2.05, 4.69) is 10.1 Å². The first-order valence-corrected chi connectivity index (χ1v) is 4.03. The summed E-state index contributed by atoms with van der Waals surface area (Å²) in [6.07, 6.45) is -0.199. The van der Waals surface area contributed by atoms with E-state index in [1.54, 1.807) is 0 Å². The minimum Gasteiger partial charge on any atom is -0.464 e. The largest absolute Gasteiger partial charge is 0.464 e. The number of aliphatic hydroxyl groups excluding tert-OH is 1. The molecule has 74 valence electrons. The van der Waals surface area contributed by atoms with Gasteiger partial charge in [-0.2, -0.15) is 0 Å². The molecule has 0 saturated heterocycles. The summed E-state index contributed by atoms with van der Waals surface area (Å²) in [6, 6.07) is 0. The second-order valence-electron chi connectivity index (χ2n) is 2.34. The lowest BCUT2D eigenvalue weighted by Crippen LogP contribution is -2.19. The third-order valence-corrected chi connectivity index (χ3v) is 0.790. The number of esters is 1. The van der Waals surface area contributed by atoms with Gasteiger partial charge in [0.25, 0.3) is 0 Å². The molecule has 0 saturated carbocycles. The Bertz CT molecular complexity index is 104. The molecule has 0 amide bonds. The third-order valence-electron chi connectivity index (χ3n) is 0.790. The molecule has 0 spiro atoms. The number of aliphatic hydroxyl groups is 1. The van der Waals surface area contributed by atoms with E-state index in [9.17, 15) is 4.79 Å². The molecule has 1 atom stereocenters. The van der Waals surface area contributed by atoms with Gasteiger partial charge in [-0.15, -0.1) is 0 Å². The van der Waals surface area contributed by atoms with Crippen LogP contribution in [0.3, 0.4) is 0 Å². The van der Waals surface area contributed by atoms with E-state index in [1.165, 1.54) is 6.92 Å². The molecule has 0 aromatic carbocycles. The van der Waals surface area contributed by atoms with Gasteiger partial charge in [0.05, 0.1) is 6.61 Å². The third kappa shape index (κ3) is 12.1. The van der Waals surface area contributed by atoms with Crippen LogP contribution in [0.1, 0.15) is 20.3 Å². The number of nitrogens with one attached hydrogen (secondary N) is 1. The number of rotatable bonds is 3. The van der Waals surface area contributed by atoms with Gasteiger partial charge in [-0.05, 0) is 27.4 Å². The molecule has 0 rings (SSSR count). The van der Waals surface area contributed by atoms with Crippen LogP contribution >= 0.6 is 0 Å². The maximum Gasteiger partial charge on any atom is 0.334 e. The van der Waals surface area contributed by atoms with E-state index in [0.717, 1.165) is 6.42 Å². The van der Waals surface area contributed by atoms with Gasteiger partial charge in [0.15, 0.2) is 0 Å². The summed E-state index contributed by atoms with van der Waals surface area (Å²) in [7, 11) is 3.75. The molecule has 2 N–H and O–H groups in total. The Hall–Kier alpha value is -0.610. The lowest BCUT2D eigenvalue weighted by Gasteiger charge is -2.03. The van der Waals surface area contributed by atoms with E-state index in [0.29, 0.717) is 6.61 Å². The molecule has 0 aliphatic carbocycles. The van der Waals surface area contributed by atoms with Gasteiger partial charge in [0, 0.05) is 0 Å². The van der Waals surface area contributed by atoms with Crippen LogP contribution in [0.2, 0.25) is 0 Å². The average Bonchev–Trinajstić information content (AvgIpc) is 2.01. The first-order valence-electron chi connectivity index (χ1n) is 4.03. The normalized spacial score (nSPS) is 11.1. The fraction of sp³-hybridized carbons (Fsp3) is 0.875. The van der Waals surface area contributed by atoms with Crippen LogP contribution in [-0.4, -0.2) is 37.9 Å². The van der Waals surface area contributed by atoms with Crippen molar-refractivity contribution in [3.05, 3.63) is 0 Å². The van der Waals surface area contributed by atoms with Crippen molar-refractivity contribution in [2.45, 2.75) is 26.4 Å². The molecule has 1 unspecified atom stereocenters. The zero-order chi connectivity index (χ0) is 9.98. The van der Waals surface area contributed by atoms with Crippen molar-refractivity contribution in [1.82, 2.24) is 5.32 Å². The second-order valence-corrected chi connectivity index (χ2v) is 2.34. The molecule has 4 heteroatoms. The van der Waals surface area contributed by atoms with Crippen molar-refractivity contribution in [2.24, 2.45) is 0 Å². The predicted octanol–water partition coefficient (Wildman–Crippen LogP) is 0.156. The zero-order valence-corrected chi connectivity index (χ0v) is 8.26. The van der Waals surface area contributed by atoms with Crippen molar-refractivity contribution in [1.29, 1.82) is 0 Å². The molecule has 0 bridgehead atoms. The highest BCUT2D eigenvalue weighted by atomic mass is 16.5. The Kier molecular flexibility index (Phi) is 12.1. The molecule has 0 fully saturated rings. The molecule has 0 aliphatic heterocycles. The Morgan fingerprint density at radius 1 is 1.58 bits per heavy atom. The van der Waals surface area contributed by atoms with Gasteiger partial charge in [0.2, 0.25) is 0 Å². The highest BCUT2D eigenvalue weighted by Crippen LogP contribution is 1.87. The molecular formula is C8H19NO3. The quantitative estimate of drug-likeness (QED) is 0.603. The fourth-order valence-corrected chi connectivity index (χ4v) is 0.323. The van der Waals surface area contributed by atoms with Crippen LogP contribution in [0.4, 0.5) is 0 Å². The van der Waals surface area contributed by atoms with Crippen molar-refractivity contribution in [2.75, 3.05) is 20.7 Å². The van der Waals surface area contributed by atoms with Crippen molar-refractivity contribution in [3.63, 3.8) is 0 Å². The average molecular weight is 177 g/mol. The molecule has 0 radical (unpaired) electrons. The molecule has 0 aromatic rings. The molecule has 12 heavy (non-hydrogen) atoms. The number of hydrogen-bond donors (Lipinski definition) is 2. The van der Waals surface area contributed by atoms with Crippen LogP contribution in [0, 0.1) is 0 Å². The number of hydrogen-bond acceptors (Lipinski definition) is 4. The maximum atomic E-state index is 10.4. The lowest BCUT2D eigenvalue weighted by atomic mass is 10.4. The summed E-state index contributed by atoms with van der Waals surface area (Å²) < 4.78 is 4.56. The first-order chi connectivity index (χ1) is 5.59. The van der Waals surface area contributed by atoms with Crippen LogP contribution in [0.15, 0.2) is 0 Å². The molecular weight excluding hydrogens is 158 g/mol. The van der Waals surface area contributed by atoms with E-state index >= 15 is 0 Å². The van der Waals surface area contributed by atoms with Crippen LogP contribution in [-0.2, 0) is 9.53 Å². The van der Waals surface area contributed by atoms with Crippen molar-refractivity contribution < 1.29 is 14.6 Å². The highest BCUT2D eigenvalue weighted by Gasteiger charge is 2.07. The van der Waals surface area contributed by atoms with Crippen LogP contribution in [0.25, 0.3) is 0 Å². The zero-order valence-electron chi connectivity index (χ0n) is 8.26. The lowest BCUT2D eigenvalue weighted by molar-refractivity contribution is -0.152. The predicted molar refractivity (Wildman–Crippen MR) is 47.9 cm³/mol. The Morgan fingerprint density at radius 2 is 2.00 bits per heavy atom. The summed E-state index contributed by atoms with van der Waals surface area (Å²) >= 11 is 0. The monoisotopic (exact) mass is 177 g/mol. The van der Waals surface area contributed by atoms with Crippen molar-refractivity contribution >= 4 is 5.97 Å². The van der Waals surface area contributed by atoms with Gasteiger partial charge in [0.1, 0.15) is 6.10 Å². The van der Waals surface area contributed by atoms with Crippen LogP contribution < -0.4 is 5.32 Å². The highest BCUT2D eigenvalue weighted by molar-refractivity contribution is 5.73. The van der Waals surface area contributed by atoms with E-state index < -0.39 is 12.1 Å². The minimum absolute atomic E-state index is 0.393. The summed E-state index contributed by atoms with van der Waals surface area (Å²) in [5.74, 6) is -0.545. The summed E-state index contributed by atoms with van der Waals surface area (Å²) in [6.45, 7) is 3.68. The van der Waals surface area contributed by atoms with Gasteiger partial charge in [-0.25, -0.2) is 4.79 Å². The fourth-order valence-electron chi connectivity index (χ4n) is 0.323. The van der Waals surface area contributed by atoms with Gasteiger partial charge >= 0.3 is 5.97 Å². The topological polar surface area (TPSA) is 58.6 Å². The van der Waals surface area contributed by atoms with Gasteiger partial charge < -0.3 is 15.2 Å². The molecule has 0 aliphatic rings. The molecule has 0 heterocycles. The number of ether oxygens (including phenoxy) is 1. The molecule has 4 nitrogen and oxygen atoms in total. The SMILES string of the molecule is CCCOC(=O)C(C)O.CNC. The van der Waals surface area contributed by atoms with E-state index in [1.807, 2.05) is 21.0 Å². The number of carbonyl (C=O) groups is 1. The van der Waals surface area contributed by atoms with Gasteiger partial charge in [-0.3, -0.25) is 0 Å².